The van der Waals surface area contributed by atoms with Crippen molar-refractivity contribution < 1.29 is 38.3 Å². The van der Waals surface area contributed by atoms with E-state index in [4.69, 9.17) is 14.3 Å². The monoisotopic (exact) mass is 582 g/mol. The number of rotatable bonds is 13. The maximum atomic E-state index is 12.4. The van der Waals surface area contributed by atoms with Crippen LogP contribution in [0.4, 0.5) is 16.2 Å². The van der Waals surface area contributed by atoms with E-state index < -0.39 is 23.9 Å². The number of benzene rings is 2. The molecule has 0 saturated heterocycles. The maximum absolute atomic E-state index is 12.4. The lowest BCUT2D eigenvalue weighted by Crippen LogP contribution is -2.36. The highest BCUT2D eigenvalue weighted by Crippen LogP contribution is 2.16. The number of hydrogen-bond acceptors (Lipinski definition) is 9. The number of nitrogens with zero attached hydrogens (tertiary/aromatic N) is 3. The van der Waals surface area contributed by atoms with Crippen LogP contribution >= 0.6 is 0 Å². The Morgan fingerprint density at radius 3 is 2.05 bits per heavy atom. The fourth-order valence-corrected chi connectivity index (χ4v) is 3.63. The molecule has 0 unspecified atom stereocenters. The molecule has 0 spiro atoms. The maximum Gasteiger partial charge on any atom is 0.411 e. The third kappa shape index (κ3) is 12.1. The number of amides is 3. The number of hydroxylamine groups is 2. The highest BCUT2D eigenvalue weighted by molar-refractivity contribution is 5.94. The summed E-state index contributed by atoms with van der Waals surface area (Å²) >= 11 is 0. The minimum atomic E-state index is -0.707. The van der Waals surface area contributed by atoms with Crippen LogP contribution in [0.25, 0.3) is 0 Å². The normalized spacial score (nSPS) is 10.5. The Hall–Kier alpha value is -4.87. The average Bonchev–Trinajstić information content (AvgIpc) is 2.94. The summed E-state index contributed by atoms with van der Waals surface area (Å²) in [5.41, 5.74) is 3.26. The Morgan fingerprint density at radius 1 is 0.833 bits per heavy atom. The van der Waals surface area contributed by atoms with E-state index in [-0.39, 0.29) is 32.2 Å². The molecular formula is C30H38N4O8. The van der Waals surface area contributed by atoms with Gasteiger partial charge in [-0.15, -0.1) is 0 Å². The van der Waals surface area contributed by atoms with Crippen LogP contribution < -0.4 is 10.2 Å². The lowest BCUT2D eigenvalue weighted by molar-refractivity contribution is -0.193. The van der Waals surface area contributed by atoms with Crippen LogP contribution in [0, 0.1) is 0 Å². The van der Waals surface area contributed by atoms with E-state index in [1.165, 1.54) is 6.92 Å². The molecule has 0 atom stereocenters. The summed E-state index contributed by atoms with van der Waals surface area (Å²) < 4.78 is 10.0. The summed E-state index contributed by atoms with van der Waals surface area (Å²) in [6.07, 6.45) is 1.65. The molecule has 0 fully saturated rings. The van der Waals surface area contributed by atoms with Crippen molar-refractivity contribution in [1.29, 1.82) is 0 Å². The molecule has 12 nitrogen and oxygen atoms in total. The Kier molecular flexibility index (Phi) is 13.5. The van der Waals surface area contributed by atoms with Gasteiger partial charge in [0.25, 0.3) is 5.91 Å². The highest BCUT2D eigenvalue weighted by atomic mass is 16.7. The van der Waals surface area contributed by atoms with E-state index in [1.54, 1.807) is 24.0 Å². The van der Waals surface area contributed by atoms with E-state index in [1.807, 2.05) is 55.4 Å². The fraction of sp³-hybridized carbons (Fsp3) is 0.367. The molecule has 2 aromatic carbocycles. The van der Waals surface area contributed by atoms with Crippen LogP contribution in [-0.4, -0.2) is 73.6 Å². The topological polar surface area (TPSA) is 135 Å². The SMILES string of the molecule is CCOC(=O)/C=C/C(=O)N(CCCN(Cc1ccc(COC(=O)Nc2ccc(N(C)C)cc2)cc1)C(C)=O)OC(C)=O. The van der Waals surface area contributed by atoms with Crippen LogP contribution in [0.15, 0.2) is 60.7 Å². The Labute approximate surface area is 245 Å². The van der Waals surface area contributed by atoms with Gasteiger partial charge >= 0.3 is 18.0 Å². The number of carbonyl (C=O) groups is 5. The highest BCUT2D eigenvalue weighted by Gasteiger charge is 2.17. The number of ether oxygens (including phenoxy) is 2. The largest absolute Gasteiger partial charge is 0.463 e. The van der Waals surface area contributed by atoms with Gasteiger partial charge in [-0.2, -0.15) is 5.06 Å². The first-order chi connectivity index (χ1) is 20.0. The minimum absolute atomic E-state index is 0.00744. The molecule has 1 N–H and O–H groups in total. The number of hydrogen-bond donors (Lipinski definition) is 1. The molecule has 0 aliphatic carbocycles. The molecule has 12 heteroatoms. The van der Waals surface area contributed by atoms with Gasteiger partial charge < -0.3 is 24.1 Å². The van der Waals surface area contributed by atoms with E-state index in [2.05, 4.69) is 5.32 Å². The standard InChI is InChI=1S/C30H38N4O8/c1-6-40-29(38)17-16-28(37)34(42-23(3)36)19-7-18-33(22(2)35)20-24-8-10-25(11-9-24)21-41-30(39)31-26-12-14-27(15-13-26)32(4)5/h8-17H,6-7,18-21H2,1-5H3,(H,31,39)/b17-16+. The molecule has 0 aromatic heterocycles. The van der Waals surface area contributed by atoms with Crippen LogP contribution in [0.5, 0.6) is 0 Å². The molecule has 0 heterocycles. The lowest BCUT2D eigenvalue weighted by atomic mass is 10.1. The zero-order valence-corrected chi connectivity index (χ0v) is 24.6. The molecule has 226 valence electrons. The van der Waals surface area contributed by atoms with Crippen molar-refractivity contribution in [3.8, 4) is 0 Å². The molecule has 2 aromatic rings. The lowest BCUT2D eigenvalue weighted by Gasteiger charge is -2.24. The quantitative estimate of drug-likeness (QED) is 0.213. The number of nitrogens with one attached hydrogen (secondary N) is 1. The van der Waals surface area contributed by atoms with Crippen molar-refractivity contribution in [3.05, 3.63) is 71.8 Å². The van der Waals surface area contributed by atoms with Crippen molar-refractivity contribution >= 4 is 41.2 Å². The summed E-state index contributed by atoms with van der Waals surface area (Å²) in [7, 11) is 3.86. The van der Waals surface area contributed by atoms with E-state index in [0.29, 0.717) is 18.7 Å². The van der Waals surface area contributed by atoms with Crippen molar-refractivity contribution in [1.82, 2.24) is 9.96 Å². The van der Waals surface area contributed by atoms with E-state index in [9.17, 15) is 24.0 Å². The van der Waals surface area contributed by atoms with Crippen LogP contribution in [-0.2, 0) is 46.6 Å². The minimum Gasteiger partial charge on any atom is -0.463 e. The molecule has 2 rings (SSSR count). The zero-order chi connectivity index (χ0) is 31.1. The average molecular weight is 583 g/mol. The Bertz CT molecular complexity index is 1240. The van der Waals surface area contributed by atoms with Crippen LogP contribution in [0.2, 0.25) is 0 Å². The van der Waals surface area contributed by atoms with Gasteiger partial charge in [-0.05, 0) is 48.7 Å². The number of anilines is 2. The van der Waals surface area contributed by atoms with Crippen molar-refractivity contribution in [3.63, 3.8) is 0 Å². The molecule has 42 heavy (non-hydrogen) atoms. The predicted molar refractivity (Wildman–Crippen MR) is 156 cm³/mol. The molecule has 0 aliphatic rings. The second-order valence-corrected chi connectivity index (χ2v) is 9.36. The number of carbonyl (C=O) groups excluding carboxylic acids is 5. The van der Waals surface area contributed by atoms with Crippen LogP contribution in [0.1, 0.15) is 38.3 Å². The second-order valence-electron chi connectivity index (χ2n) is 9.36. The first-order valence-corrected chi connectivity index (χ1v) is 13.4. The van der Waals surface area contributed by atoms with Gasteiger partial charge in [-0.1, -0.05) is 24.3 Å². The van der Waals surface area contributed by atoms with Crippen LogP contribution in [0.3, 0.4) is 0 Å². The Morgan fingerprint density at radius 2 is 1.48 bits per heavy atom. The van der Waals surface area contributed by atoms with Gasteiger partial charge in [0, 0.05) is 64.6 Å². The molecule has 0 radical (unpaired) electrons. The second kappa shape index (κ2) is 17.1. The van der Waals surface area contributed by atoms with Gasteiger partial charge in [-0.25, -0.2) is 9.59 Å². The van der Waals surface area contributed by atoms with Gasteiger partial charge in [0.2, 0.25) is 5.91 Å². The summed E-state index contributed by atoms with van der Waals surface area (Å²) in [4.78, 5) is 68.2. The van der Waals surface area contributed by atoms with E-state index >= 15 is 0 Å². The smallest absolute Gasteiger partial charge is 0.411 e. The molecule has 0 saturated carbocycles. The number of esters is 1. The molecule has 0 bridgehead atoms. The van der Waals surface area contributed by atoms with Crippen molar-refractivity contribution in [2.45, 2.75) is 40.3 Å². The van der Waals surface area contributed by atoms with Crippen molar-refractivity contribution in [2.24, 2.45) is 0 Å². The van der Waals surface area contributed by atoms with Gasteiger partial charge in [0.1, 0.15) is 6.61 Å². The van der Waals surface area contributed by atoms with Gasteiger partial charge in [0.15, 0.2) is 0 Å². The summed E-state index contributed by atoms with van der Waals surface area (Å²) in [6.45, 7) is 5.06. The summed E-state index contributed by atoms with van der Waals surface area (Å²) in [5, 5.41) is 3.52. The fourth-order valence-electron chi connectivity index (χ4n) is 3.63. The summed E-state index contributed by atoms with van der Waals surface area (Å²) in [5.74, 6) is -2.27. The summed E-state index contributed by atoms with van der Waals surface area (Å²) in [6, 6.07) is 14.7. The van der Waals surface area contributed by atoms with E-state index in [0.717, 1.165) is 41.0 Å². The van der Waals surface area contributed by atoms with Gasteiger partial charge in [-0.3, -0.25) is 19.7 Å². The third-order valence-corrected chi connectivity index (χ3v) is 5.76. The molecule has 0 aliphatic heterocycles. The first kappa shape index (κ1) is 33.3. The Balaban J connectivity index is 1.87. The molecule has 3 amide bonds. The predicted octanol–water partition coefficient (Wildman–Crippen LogP) is 3.67. The zero-order valence-electron chi connectivity index (χ0n) is 24.6. The molecular weight excluding hydrogens is 544 g/mol. The first-order valence-electron chi connectivity index (χ1n) is 13.4. The van der Waals surface area contributed by atoms with Gasteiger partial charge in [0.05, 0.1) is 13.2 Å². The third-order valence-electron chi connectivity index (χ3n) is 5.76. The van der Waals surface area contributed by atoms with Crippen molar-refractivity contribution in [2.75, 3.05) is 44.0 Å².